The van der Waals surface area contributed by atoms with Crippen LogP contribution in [0.4, 0.5) is 0 Å². The highest BCUT2D eigenvalue weighted by molar-refractivity contribution is 6.06. The molecule has 3 aliphatic rings. The van der Waals surface area contributed by atoms with Crippen LogP contribution in [-0.2, 0) is 16.0 Å². The van der Waals surface area contributed by atoms with Gasteiger partial charge in [0.2, 0.25) is 0 Å². The summed E-state index contributed by atoms with van der Waals surface area (Å²) in [4.78, 5) is 29.4. The molecule has 0 N–H and O–H groups in total. The fraction of sp³-hybridized carbons (Fsp3) is 0.419. The molecule has 188 valence electrons. The van der Waals surface area contributed by atoms with Crippen LogP contribution in [-0.4, -0.2) is 36.2 Å². The van der Waals surface area contributed by atoms with E-state index in [1.165, 1.54) is 5.56 Å². The summed E-state index contributed by atoms with van der Waals surface area (Å²) in [7, 11) is 0. The maximum atomic E-state index is 13.5. The first-order valence-electron chi connectivity index (χ1n) is 13.4. The third kappa shape index (κ3) is 4.59. The summed E-state index contributed by atoms with van der Waals surface area (Å²) in [5.74, 6) is 1.36. The number of nitrogens with zero attached hydrogens (tertiary/aromatic N) is 1. The van der Waals surface area contributed by atoms with Gasteiger partial charge in [0.1, 0.15) is 0 Å². The molecule has 0 unspecified atom stereocenters. The van der Waals surface area contributed by atoms with E-state index < -0.39 is 0 Å². The van der Waals surface area contributed by atoms with E-state index in [2.05, 4.69) is 29.2 Å². The summed E-state index contributed by atoms with van der Waals surface area (Å²) >= 11 is 0. The van der Waals surface area contributed by atoms with Crippen molar-refractivity contribution in [2.45, 2.75) is 64.7 Å². The van der Waals surface area contributed by atoms with Gasteiger partial charge in [0.05, 0.1) is 13.2 Å². The van der Waals surface area contributed by atoms with Gasteiger partial charge in [0.25, 0.3) is 0 Å². The average Bonchev–Trinajstić information content (AvgIpc) is 2.89. The molecular weight excluding hydrogens is 450 g/mol. The SMILES string of the molecule is CCOc1ccc(C2C3=C(CCCC3=O)N(CCc3ccccc3)C3=C2C(=O)CCC3)cc1OCC. The minimum Gasteiger partial charge on any atom is -0.490 e. The molecule has 0 saturated carbocycles. The number of carbonyl (C=O) groups is 2. The van der Waals surface area contributed by atoms with Crippen LogP contribution in [0.1, 0.15) is 69.4 Å². The Morgan fingerprint density at radius 2 is 1.39 bits per heavy atom. The van der Waals surface area contributed by atoms with Crippen LogP contribution in [0.15, 0.2) is 71.1 Å². The van der Waals surface area contributed by atoms with Crippen molar-refractivity contribution in [2.75, 3.05) is 19.8 Å². The molecule has 0 fully saturated rings. The zero-order chi connectivity index (χ0) is 25.1. The van der Waals surface area contributed by atoms with E-state index in [0.29, 0.717) is 37.6 Å². The summed E-state index contributed by atoms with van der Waals surface area (Å²) in [6.45, 7) is 5.74. The molecule has 5 heteroatoms. The molecule has 2 aromatic rings. The van der Waals surface area contributed by atoms with Crippen molar-refractivity contribution in [3.63, 3.8) is 0 Å². The molecule has 2 aromatic carbocycles. The summed E-state index contributed by atoms with van der Waals surface area (Å²) in [5, 5.41) is 0. The van der Waals surface area contributed by atoms with Crippen LogP contribution in [0.25, 0.3) is 0 Å². The molecule has 1 heterocycles. The third-order valence-electron chi connectivity index (χ3n) is 7.45. The molecular formula is C31H35NO4. The lowest BCUT2D eigenvalue weighted by Crippen LogP contribution is -2.39. The molecule has 36 heavy (non-hydrogen) atoms. The normalized spacial score (nSPS) is 18.3. The number of Topliss-reactive ketones (excluding diaryl/α,β-unsaturated/α-hetero) is 2. The smallest absolute Gasteiger partial charge is 0.161 e. The average molecular weight is 486 g/mol. The fourth-order valence-electron chi connectivity index (χ4n) is 5.95. The zero-order valence-corrected chi connectivity index (χ0v) is 21.3. The molecule has 0 spiro atoms. The quantitative estimate of drug-likeness (QED) is 0.450. The molecule has 0 aromatic heterocycles. The van der Waals surface area contributed by atoms with Gasteiger partial charge in [-0.05, 0) is 69.2 Å². The second kappa shape index (κ2) is 10.7. The second-order valence-corrected chi connectivity index (χ2v) is 9.67. The molecule has 2 aliphatic carbocycles. The summed E-state index contributed by atoms with van der Waals surface area (Å²) < 4.78 is 11.7. The van der Waals surface area contributed by atoms with E-state index >= 15 is 0 Å². The highest BCUT2D eigenvalue weighted by Gasteiger charge is 2.43. The molecule has 5 rings (SSSR count). The highest BCUT2D eigenvalue weighted by Crippen LogP contribution is 2.50. The van der Waals surface area contributed by atoms with Gasteiger partial charge in [0, 0.05) is 47.8 Å². The monoisotopic (exact) mass is 485 g/mol. The summed E-state index contributed by atoms with van der Waals surface area (Å²) in [5.41, 5.74) is 6.07. The fourth-order valence-corrected chi connectivity index (χ4v) is 5.95. The Morgan fingerprint density at radius 1 is 0.778 bits per heavy atom. The number of hydrogen-bond donors (Lipinski definition) is 0. The van der Waals surface area contributed by atoms with E-state index in [1.807, 2.05) is 38.1 Å². The van der Waals surface area contributed by atoms with Crippen molar-refractivity contribution in [1.82, 2.24) is 4.90 Å². The Hall–Kier alpha value is -3.34. The maximum absolute atomic E-state index is 13.5. The first-order valence-corrected chi connectivity index (χ1v) is 13.4. The van der Waals surface area contributed by atoms with E-state index in [1.54, 1.807) is 0 Å². The Labute approximate surface area is 213 Å². The van der Waals surface area contributed by atoms with Crippen LogP contribution in [0.3, 0.4) is 0 Å². The number of ketones is 2. The lowest BCUT2D eigenvalue weighted by molar-refractivity contribution is -0.117. The molecule has 0 atom stereocenters. The minimum absolute atomic E-state index is 0.169. The number of ether oxygens (including phenoxy) is 2. The van der Waals surface area contributed by atoms with Crippen molar-refractivity contribution in [3.8, 4) is 11.5 Å². The van der Waals surface area contributed by atoms with E-state index in [9.17, 15) is 9.59 Å². The highest BCUT2D eigenvalue weighted by atomic mass is 16.5. The molecule has 1 aliphatic heterocycles. The van der Waals surface area contributed by atoms with Gasteiger partial charge in [-0.3, -0.25) is 9.59 Å². The lowest BCUT2D eigenvalue weighted by atomic mass is 9.71. The van der Waals surface area contributed by atoms with E-state index in [-0.39, 0.29) is 17.5 Å². The van der Waals surface area contributed by atoms with Crippen LogP contribution in [0.2, 0.25) is 0 Å². The molecule has 0 bridgehead atoms. The lowest BCUT2D eigenvalue weighted by Gasteiger charge is -2.44. The van der Waals surface area contributed by atoms with Gasteiger partial charge in [-0.2, -0.15) is 0 Å². The van der Waals surface area contributed by atoms with Crippen molar-refractivity contribution in [2.24, 2.45) is 0 Å². The zero-order valence-electron chi connectivity index (χ0n) is 21.3. The van der Waals surface area contributed by atoms with Crippen molar-refractivity contribution < 1.29 is 19.1 Å². The van der Waals surface area contributed by atoms with Gasteiger partial charge in [-0.25, -0.2) is 0 Å². The largest absolute Gasteiger partial charge is 0.490 e. The Balaban J connectivity index is 1.62. The summed E-state index contributed by atoms with van der Waals surface area (Å²) in [6.07, 6.45) is 5.40. The first-order chi connectivity index (χ1) is 17.6. The molecule has 0 radical (unpaired) electrons. The minimum atomic E-state index is -0.335. The maximum Gasteiger partial charge on any atom is 0.161 e. The number of rotatable bonds is 8. The third-order valence-corrected chi connectivity index (χ3v) is 7.45. The van der Waals surface area contributed by atoms with Crippen LogP contribution in [0.5, 0.6) is 11.5 Å². The number of carbonyl (C=O) groups excluding carboxylic acids is 2. The Morgan fingerprint density at radius 3 is 2.00 bits per heavy atom. The first kappa shape index (κ1) is 24.4. The summed E-state index contributed by atoms with van der Waals surface area (Å²) in [6, 6.07) is 16.4. The molecule has 5 nitrogen and oxygen atoms in total. The van der Waals surface area contributed by atoms with Crippen molar-refractivity contribution in [3.05, 3.63) is 82.2 Å². The van der Waals surface area contributed by atoms with Gasteiger partial charge < -0.3 is 14.4 Å². The number of hydrogen-bond acceptors (Lipinski definition) is 5. The van der Waals surface area contributed by atoms with Crippen LogP contribution in [0, 0.1) is 0 Å². The van der Waals surface area contributed by atoms with Crippen molar-refractivity contribution >= 4 is 11.6 Å². The molecule has 0 amide bonds. The van der Waals surface area contributed by atoms with Crippen molar-refractivity contribution in [1.29, 1.82) is 0 Å². The van der Waals surface area contributed by atoms with E-state index in [4.69, 9.17) is 9.47 Å². The predicted molar refractivity (Wildman–Crippen MR) is 140 cm³/mol. The van der Waals surface area contributed by atoms with Gasteiger partial charge in [-0.15, -0.1) is 0 Å². The molecule has 0 saturated heterocycles. The predicted octanol–water partition coefficient (Wildman–Crippen LogP) is 6.14. The second-order valence-electron chi connectivity index (χ2n) is 9.67. The van der Waals surface area contributed by atoms with Gasteiger partial charge in [-0.1, -0.05) is 36.4 Å². The van der Waals surface area contributed by atoms with Gasteiger partial charge in [0.15, 0.2) is 23.1 Å². The topological polar surface area (TPSA) is 55.8 Å². The number of allylic oxidation sites excluding steroid dienone is 4. The van der Waals surface area contributed by atoms with Gasteiger partial charge >= 0.3 is 0 Å². The number of benzene rings is 2. The van der Waals surface area contributed by atoms with E-state index in [0.717, 1.165) is 66.8 Å². The Kier molecular flexibility index (Phi) is 7.26. The van der Waals surface area contributed by atoms with Crippen LogP contribution >= 0.6 is 0 Å². The van der Waals surface area contributed by atoms with Crippen LogP contribution < -0.4 is 9.47 Å². The standard InChI is InChI=1S/C31H35NO4/c1-3-35-27-17-16-22(20-28(27)36-4-2)29-30-23(12-8-14-25(30)33)32(19-18-21-10-6-5-7-11-21)24-13-9-15-26(34)31(24)29/h5-7,10-11,16-17,20,29H,3-4,8-9,12-15,18-19H2,1-2H3. The Bertz CT molecular complexity index is 1170.